The van der Waals surface area contributed by atoms with E-state index in [4.69, 9.17) is 18.1 Å². The van der Waals surface area contributed by atoms with Crippen LogP contribution in [0.5, 0.6) is 0 Å². The van der Waals surface area contributed by atoms with Crippen molar-refractivity contribution < 1.29 is 25.0 Å². The SMILES string of the molecule is [2H]c1c([2H])c([2H])c(-c2c([2H])c([2H])c3oc4c([2H])c([2H])c(-c5c6ccccc6c(-c6c([2H])c([2H])c([2H])c([2H])c6-c6ccccc6)c6ccccc56)c([2H])c4c3c2[2H])c([2H])c1[2H]. The van der Waals surface area contributed by atoms with Gasteiger partial charge in [-0.25, -0.2) is 0 Å². The molecule has 0 N–H and O–H groups in total. The molecule has 0 fully saturated rings. The third-order valence-electron chi connectivity index (χ3n) is 7.94. The molecule has 8 aromatic carbocycles. The molecule has 0 aliphatic carbocycles. The standard InChI is InChI=1S/C44H28O/c1-3-13-29(14-4-1)31-23-25-41-39(27-31)40-28-32(24-26-42(40)45-41)43-35-19-9-11-21-37(35)44(38-22-12-10-20-36(38)43)34-18-8-7-17-33(34)30-15-5-2-6-16-30/h1-28H/i1D,3D,4D,7D,8D,13D,14D,17D,18D,23D,24D,25D,26D,27D,28D. The van der Waals surface area contributed by atoms with E-state index in [0.29, 0.717) is 38.2 Å². The average molecular weight is 588 g/mol. The summed E-state index contributed by atoms with van der Waals surface area (Å²) in [5.41, 5.74) is 0.298. The smallest absolute Gasteiger partial charge is 0.135 e. The third kappa shape index (κ3) is 4.17. The van der Waals surface area contributed by atoms with Crippen LogP contribution in [-0.4, -0.2) is 0 Å². The molecule has 0 aliphatic heterocycles. The maximum atomic E-state index is 9.80. The van der Waals surface area contributed by atoms with Gasteiger partial charge in [0.2, 0.25) is 0 Å². The van der Waals surface area contributed by atoms with E-state index in [1.807, 2.05) is 6.07 Å². The van der Waals surface area contributed by atoms with Crippen molar-refractivity contribution in [1.82, 2.24) is 0 Å². The molecule has 0 radical (unpaired) electrons. The molecule has 0 spiro atoms. The van der Waals surface area contributed by atoms with Gasteiger partial charge in [0, 0.05) is 10.8 Å². The molecule has 1 nitrogen and oxygen atoms in total. The zero-order valence-electron chi connectivity index (χ0n) is 38.4. The second-order valence-electron chi connectivity index (χ2n) is 10.5. The van der Waals surface area contributed by atoms with Crippen LogP contribution >= 0.6 is 0 Å². The monoisotopic (exact) mass is 587 g/mol. The topological polar surface area (TPSA) is 13.1 Å². The highest BCUT2D eigenvalue weighted by Crippen LogP contribution is 2.46. The van der Waals surface area contributed by atoms with Gasteiger partial charge in [-0.1, -0.05) is 145 Å². The van der Waals surface area contributed by atoms with Crippen LogP contribution in [0.15, 0.2) is 174 Å². The Hall–Kier alpha value is -5.92. The Bertz CT molecular complexity index is 3290. The van der Waals surface area contributed by atoms with Gasteiger partial charge < -0.3 is 4.42 Å². The van der Waals surface area contributed by atoms with E-state index >= 15 is 0 Å². The van der Waals surface area contributed by atoms with Crippen LogP contribution in [0, 0.1) is 0 Å². The highest BCUT2D eigenvalue weighted by Gasteiger charge is 2.19. The number of hydrogen-bond acceptors (Lipinski definition) is 1. The molecule has 0 bridgehead atoms. The Kier molecular flexibility index (Phi) is 3.39. The summed E-state index contributed by atoms with van der Waals surface area (Å²) in [4.78, 5) is 0. The molecule has 0 saturated heterocycles. The highest BCUT2D eigenvalue weighted by atomic mass is 16.3. The molecule has 1 heteroatoms. The first-order valence-electron chi connectivity index (χ1n) is 21.7. The van der Waals surface area contributed by atoms with E-state index in [1.165, 1.54) is 0 Å². The van der Waals surface area contributed by atoms with Crippen molar-refractivity contribution in [2.24, 2.45) is 0 Å². The van der Waals surface area contributed by atoms with Gasteiger partial charge in [-0.2, -0.15) is 0 Å². The minimum atomic E-state index is -0.701. The molecule has 1 heterocycles. The van der Waals surface area contributed by atoms with Crippen LogP contribution in [0.3, 0.4) is 0 Å². The fourth-order valence-electron chi connectivity index (χ4n) is 6.01. The summed E-state index contributed by atoms with van der Waals surface area (Å²) >= 11 is 0. The number of benzene rings is 8. The molecule has 1 aromatic heterocycles. The van der Waals surface area contributed by atoms with E-state index in [9.17, 15) is 6.85 Å². The van der Waals surface area contributed by atoms with Crippen molar-refractivity contribution in [2.45, 2.75) is 0 Å². The second kappa shape index (κ2) is 10.4. The van der Waals surface area contributed by atoms with Crippen molar-refractivity contribution in [2.75, 3.05) is 0 Å². The lowest BCUT2D eigenvalue weighted by molar-refractivity contribution is 0.669. The first-order chi connectivity index (χ1) is 28.6. The summed E-state index contributed by atoms with van der Waals surface area (Å²) in [5, 5.41) is 1.65. The van der Waals surface area contributed by atoms with Crippen LogP contribution in [0.4, 0.5) is 0 Å². The number of furan rings is 1. The van der Waals surface area contributed by atoms with Gasteiger partial charge in [-0.15, -0.1) is 0 Å². The highest BCUT2D eigenvalue weighted by molar-refractivity contribution is 6.23. The fraction of sp³-hybridized carbons (Fsp3) is 0. The third-order valence-corrected chi connectivity index (χ3v) is 7.94. The number of rotatable bonds is 4. The molecular weight excluding hydrogens is 544 g/mol. The van der Waals surface area contributed by atoms with Crippen LogP contribution < -0.4 is 0 Å². The zero-order chi connectivity index (χ0) is 42.8. The predicted molar refractivity (Wildman–Crippen MR) is 190 cm³/mol. The Balaban J connectivity index is 1.45. The van der Waals surface area contributed by atoms with E-state index in [1.54, 1.807) is 72.8 Å². The number of hydrogen-bond donors (Lipinski definition) is 0. The summed E-state index contributed by atoms with van der Waals surface area (Å²) < 4.78 is 139. The first-order valence-corrected chi connectivity index (χ1v) is 14.2. The maximum absolute atomic E-state index is 9.80. The fourth-order valence-corrected chi connectivity index (χ4v) is 6.01. The zero-order valence-corrected chi connectivity index (χ0v) is 23.4. The lowest BCUT2D eigenvalue weighted by Crippen LogP contribution is -1.92. The Morgan fingerprint density at radius 2 is 0.867 bits per heavy atom. The predicted octanol–water partition coefficient (Wildman–Crippen LogP) is 12.6. The molecule has 45 heavy (non-hydrogen) atoms. The van der Waals surface area contributed by atoms with Crippen molar-refractivity contribution >= 4 is 43.5 Å². The Morgan fingerprint density at radius 3 is 1.51 bits per heavy atom. The van der Waals surface area contributed by atoms with Crippen LogP contribution in [-0.2, 0) is 0 Å². The van der Waals surface area contributed by atoms with Gasteiger partial charge in [0.1, 0.15) is 11.2 Å². The van der Waals surface area contributed by atoms with E-state index in [0.717, 1.165) is 0 Å². The van der Waals surface area contributed by atoms with Gasteiger partial charge in [0.25, 0.3) is 0 Å². The van der Waals surface area contributed by atoms with Crippen molar-refractivity contribution in [1.29, 1.82) is 0 Å². The van der Waals surface area contributed by atoms with Crippen molar-refractivity contribution in [3.05, 3.63) is 169 Å². The largest absolute Gasteiger partial charge is 0.456 e. The summed E-state index contributed by atoms with van der Waals surface area (Å²) in [6.45, 7) is 0. The second-order valence-corrected chi connectivity index (χ2v) is 10.5. The molecule has 9 aromatic rings. The van der Waals surface area contributed by atoms with E-state index in [2.05, 4.69) is 0 Å². The van der Waals surface area contributed by atoms with Crippen LogP contribution in [0.25, 0.3) is 88.0 Å². The van der Waals surface area contributed by atoms with Gasteiger partial charge >= 0.3 is 0 Å². The lowest BCUT2D eigenvalue weighted by Gasteiger charge is -2.19. The van der Waals surface area contributed by atoms with Gasteiger partial charge in [-0.05, 0) is 90.2 Å². The van der Waals surface area contributed by atoms with Crippen LogP contribution in [0.2, 0.25) is 0 Å². The lowest BCUT2D eigenvalue weighted by atomic mass is 9.83. The molecular formula is C44H28O. The maximum Gasteiger partial charge on any atom is 0.135 e. The molecule has 0 amide bonds. The van der Waals surface area contributed by atoms with Gasteiger partial charge in [-0.3, -0.25) is 0 Å². The Labute approximate surface area is 282 Å². The minimum Gasteiger partial charge on any atom is -0.456 e. The van der Waals surface area contributed by atoms with Crippen LogP contribution in [0.1, 0.15) is 20.6 Å². The molecule has 0 atom stereocenters. The summed E-state index contributed by atoms with van der Waals surface area (Å²) in [6.07, 6.45) is 0. The molecule has 0 saturated carbocycles. The number of fused-ring (bicyclic) bond motifs is 5. The molecule has 210 valence electrons. The summed E-state index contributed by atoms with van der Waals surface area (Å²) in [7, 11) is 0. The van der Waals surface area contributed by atoms with E-state index < -0.39 is 83.6 Å². The van der Waals surface area contributed by atoms with Crippen molar-refractivity contribution in [3.8, 4) is 44.5 Å². The van der Waals surface area contributed by atoms with Gasteiger partial charge in [0.15, 0.2) is 0 Å². The van der Waals surface area contributed by atoms with E-state index in [-0.39, 0.29) is 56.8 Å². The first kappa shape index (κ1) is 14.7. The molecule has 0 aliphatic rings. The summed E-state index contributed by atoms with van der Waals surface area (Å²) in [6, 6.07) is 15.2. The minimum absolute atomic E-state index is 0.0439. The molecule has 9 rings (SSSR count). The van der Waals surface area contributed by atoms with Gasteiger partial charge in [0.05, 0.1) is 20.6 Å². The average Bonchev–Trinajstić information content (AvgIpc) is 3.67. The Morgan fingerprint density at radius 1 is 0.356 bits per heavy atom. The normalized spacial score (nSPS) is 16.2. The molecule has 0 unspecified atom stereocenters. The van der Waals surface area contributed by atoms with Crippen molar-refractivity contribution in [3.63, 3.8) is 0 Å². The quantitative estimate of drug-likeness (QED) is 0.187. The summed E-state index contributed by atoms with van der Waals surface area (Å²) in [5.74, 6) is 0.